The highest BCUT2D eigenvalue weighted by Gasteiger charge is 2.14. The molecule has 0 aliphatic heterocycles. The van der Waals surface area contributed by atoms with Crippen LogP contribution in [0.4, 0.5) is 15.8 Å². The largest absolute Gasteiger partial charge is 0.443 e. The summed E-state index contributed by atoms with van der Waals surface area (Å²) in [6, 6.07) is 15.5. The molecule has 0 amide bonds. The molecule has 0 aliphatic carbocycles. The van der Waals surface area contributed by atoms with Gasteiger partial charge in [-0.05, 0) is 61.5 Å². The molecule has 7 heteroatoms. The molecule has 2 aromatic carbocycles. The van der Waals surface area contributed by atoms with Gasteiger partial charge >= 0.3 is 0 Å². The Morgan fingerprint density at radius 1 is 1.13 bits per heavy atom. The van der Waals surface area contributed by atoms with Crippen LogP contribution in [-0.2, 0) is 0 Å². The second-order valence-electron chi connectivity index (χ2n) is 7.10. The van der Waals surface area contributed by atoms with E-state index in [0.29, 0.717) is 22.5 Å². The molecule has 6 nitrogen and oxygen atoms in total. The van der Waals surface area contributed by atoms with Crippen molar-refractivity contribution in [1.29, 1.82) is 0 Å². The number of imidazole rings is 1. The Bertz CT molecular complexity index is 1400. The molecule has 31 heavy (non-hydrogen) atoms. The molecule has 5 aromatic rings. The highest BCUT2D eigenvalue weighted by atomic mass is 19.1. The van der Waals surface area contributed by atoms with Crippen molar-refractivity contribution in [3.05, 3.63) is 90.5 Å². The summed E-state index contributed by atoms with van der Waals surface area (Å²) < 4.78 is 20.6. The van der Waals surface area contributed by atoms with Gasteiger partial charge in [-0.1, -0.05) is 0 Å². The van der Waals surface area contributed by atoms with Gasteiger partial charge in [-0.25, -0.2) is 14.4 Å². The third kappa shape index (κ3) is 3.46. The fourth-order valence-electron chi connectivity index (χ4n) is 3.53. The van der Waals surface area contributed by atoms with Crippen LogP contribution in [0.15, 0.2) is 77.8 Å². The van der Waals surface area contributed by atoms with Crippen molar-refractivity contribution in [1.82, 2.24) is 14.4 Å². The van der Waals surface area contributed by atoms with Crippen molar-refractivity contribution in [3.8, 4) is 22.6 Å². The highest BCUT2D eigenvalue weighted by molar-refractivity contribution is 5.89. The van der Waals surface area contributed by atoms with Gasteiger partial charge in [0.25, 0.3) is 0 Å². The number of carbonyl (C=O) groups excluding carboxylic acids is 1. The first-order valence-corrected chi connectivity index (χ1v) is 9.63. The molecule has 0 saturated heterocycles. The van der Waals surface area contributed by atoms with Crippen LogP contribution in [0.5, 0.6) is 0 Å². The van der Waals surface area contributed by atoms with E-state index in [1.807, 2.05) is 48.0 Å². The molecule has 0 aliphatic rings. The van der Waals surface area contributed by atoms with E-state index in [1.54, 1.807) is 18.2 Å². The maximum absolute atomic E-state index is 13.2. The Kier molecular flexibility index (Phi) is 4.55. The Balaban J connectivity index is 1.51. The quantitative estimate of drug-likeness (QED) is 0.377. The molecule has 0 atom stereocenters. The Morgan fingerprint density at radius 2 is 1.97 bits per heavy atom. The van der Waals surface area contributed by atoms with Gasteiger partial charge in [0.1, 0.15) is 5.82 Å². The summed E-state index contributed by atoms with van der Waals surface area (Å²) in [5.74, 6) is 0.290. The fourth-order valence-corrected chi connectivity index (χ4v) is 3.53. The number of nitrogens with zero attached hydrogens (tertiary/aromatic N) is 3. The van der Waals surface area contributed by atoms with E-state index < -0.39 is 0 Å². The second kappa shape index (κ2) is 7.53. The van der Waals surface area contributed by atoms with Crippen LogP contribution in [0.1, 0.15) is 16.1 Å². The number of aryl methyl sites for hydroxylation is 1. The van der Waals surface area contributed by atoms with Gasteiger partial charge in [0, 0.05) is 34.8 Å². The predicted molar refractivity (Wildman–Crippen MR) is 116 cm³/mol. The number of hydrogen-bond donors (Lipinski definition) is 1. The lowest BCUT2D eigenvalue weighted by molar-refractivity contribution is 0.112. The topological polar surface area (TPSA) is 72.4 Å². The number of benzene rings is 2. The Labute approximate surface area is 177 Å². The smallest absolute Gasteiger partial charge is 0.181 e. The van der Waals surface area contributed by atoms with Crippen LogP contribution >= 0.6 is 0 Å². The van der Waals surface area contributed by atoms with Gasteiger partial charge in [-0.2, -0.15) is 0 Å². The lowest BCUT2D eigenvalue weighted by atomic mass is 10.0. The SMILES string of the molecule is Cc1ncoc1-c1ccc(Nc2cccn3cc(-c4ccc(F)cc4)nc23)cc1C=O. The molecule has 0 unspecified atom stereocenters. The van der Waals surface area contributed by atoms with Crippen LogP contribution in [0.2, 0.25) is 0 Å². The minimum Gasteiger partial charge on any atom is -0.443 e. The molecule has 152 valence electrons. The third-order valence-corrected chi connectivity index (χ3v) is 5.07. The molecule has 3 aromatic heterocycles. The molecule has 0 saturated carbocycles. The number of oxazole rings is 1. The minimum atomic E-state index is -0.287. The summed E-state index contributed by atoms with van der Waals surface area (Å²) in [6.45, 7) is 1.83. The van der Waals surface area contributed by atoms with E-state index in [9.17, 15) is 9.18 Å². The van der Waals surface area contributed by atoms with Crippen molar-refractivity contribution in [2.45, 2.75) is 6.92 Å². The number of fused-ring (bicyclic) bond motifs is 1. The number of halogens is 1. The number of carbonyl (C=O) groups is 1. The number of rotatable bonds is 5. The van der Waals surface area contributed by atoms with Crippen LogP contribution in [-0.4, -0.2) is 20.7 Å². The third-order valence-electron chi connectivity index (χ3n) is 5.07. The van der Waals surface area contributed by atoms with Gasteiger partial charge in [-0.15, -0.1) is 0 Å². The number of anilines is 2. The van der Waals surface area contributed by atoms with Crippen molar-refractivity contribution in [2.75, 3.05) is 5.32 Å². The Morgan fingerprint density at radius 3 is 2.71 bits per heavy atom. The molecule has 1 N–H and O–H groups in total. The summed E-state index contributed by atoms with van der Waals surface area (Å²) in [5.41, 5.74) is 5.69. The van der Waals surface area contributed by atoms with E-state index in [1.165, 1.54) is 18.5 Å². The van der Waals surface area contributed by atoms with E-state index >= 15 is 0 Å². The molecular weight excluding hydrogens is 395 g/mol. The molecular formula is C24H17FN4O2. The molecule has 0 fully saturated rings. The summed E-state index contributed by atoms with van der Waals surface area (Å²) in [6.07, 6.45) is 5.95. The molecule has 5 rings (SSSR count). The lowest BCUT2D eigenvalue weighted by Crippen LogP contribution is -1.96. The average molecular weight is 412 g/mol. The first-order chi connectivity index (χ1) is 15.1. The molecule has 0 radical (unpaired) electrons. The average Bonchev–Trinajstić information content (AvgIpc) is 3.41. The number of aromatic nitrogens is 3. The van der Waals surface area contributed by atoms with Gasteiger partial charge in [-0.3, -0.25) is 4.79 Å². The predicted octanol–water partition coefficient (Wildman–Crippen LogP) is 5.66. The maximum atomic E-state index is 13.2. The summed E-state index contributed by atoms with van der Waals surface area (Å²) in [7, 11) is 0. The van der Waals surface area contributed by atoms with E-state index in [0.717, 1.165) is 34.6 Å². The number of pyridine rings is 1. The van der Waals surface area contributed by atoms with Crippen LogP contribution in [0.25, 0.3) is 28.2 Å². The van der Waals surface area contributed by atoms with Crippen molar-refractivity contribution in [3.63, 3.8) is 0 Å². The van der Waals surface area contributed by atoms with Gasteiger partial charge in [0.15, 0.2) is 24.1 Å². The van der Waals surface area contributed by atoms with E-state index in [4.69, 9.17) is 9.40 Å². The first-order valence-electron chi connectivity index (χ1n) is 9.63. The van der Waals surface area contributed by atoms with Crippen molar-refractivity contribution in [2.24, 2.45) is 0 Å². The van der Waals surface area contributed by atoms with Crippen molar-refractivity contribution >= 4 is 23.3 Å². The zero-order chi connectivity index (χ0) is 21.4. The van der Waals surface area contributed by atoms with Crippen LogP contribution in [0, 0.1) is 12.7 Å². The molecule has 3 heterocycles. The summed E-state index contributed by atoms with van der Waals surface area (Å²) >= 11 is 0. The maximum Gasteiger partial charge on any atom is 0.181 e. The number of nitrogens with one attached hydrogen (secondary N) is 1. The summed E-state index contributed by atoms with van der Waals surface area (Å²) in [5, 5.41) is 3.33. The first kappa shape index (κ1) is 18.7. The van der Waals surface area contributed by atoms with Gasteiger partial charge in [0.2, 0.25) is 0 Å². The van der Waals surface area contributed by atoms with E-state index in [-0.39, 0.29) is 5.82 Å². The lowest BCUT2D eigenvalue weighted by Gasteiger charge is -2.10. The zero-order valence-corrected chi connectivity index (χ0v) is 16.5. The monoisotopic (exact) mass is 412 g/mol. The van der Waals surface area contributed by atoms with E-state index in [2.05, 4.69) is 10.3 Å². The number of aldehydes is 1. The molecule has 0 bridgehead atoms. The molecule has 0 spiro atoms. The minimum absolute atomic E-state index is 0.287. The fraction of sp³-hybridized carbons (Fsp3) is 0.0417. The van der Waals surface area contributed by atoms with Gasteiger partial charge < -0.3 is 14.1 Å². The van der Waals surface area contributed by atoms with Gasteiger partial charge in [0.05, 0.1) is 17.1 Å². The number of hydrogen-bond acceptors (Lipinski definition) is 5. The Hall–Kier alpha value is -4.26. The standard InChI is InChI=1S/C24H17FN4O2/c1-15-23(31-14-26-15)20-9-8-19(11-17(20)13-30)27-21-3-2-10-29-12-22(28-24(21)29)16-4-6-18(25)7-5-16/h2-14,27H,1H3. The summed E-state index contributed by atoms with van der Waals surface area (Å²) in [4.78, 5) is 20.5. The second-order valence-corrected chi connectivity index (χ2v) is 7.10. The van der Waals surface area contributed by atoms with Crippen LogP contribution in [0.3, 0.4) is 0 Å². The normalized spacial score (nSPS) is 11.0. The van der Waals surface area contributed by atoms with Crippen molar-refractivity contribution < 1.29 is 13.6 Å². The van der Waals surface area contributed by atoms with Crippen LogP contribution < -0.4 is 5.32 Å². The zero-order valence-electron chi connectivity index (χ0n) is 16.5. The highest BCUT2D eigenvalue weighted by Crippen LogP contribution is 2.30.